The van der Waals surface area contributed by atoms with Gasteiger partial charge in [-0.1, -0.05) is 37.3 Å². The van der Waals surface area contributed by atoms with Gasteiger partial charge in [-0.15, -0.1) is 11.3 Å². The van der Waals surface area contributed by atoms with E-state index in [4.69, 9.17) is 4.74 Å². The van der Waals surface area contributed by atoms with Gasteiger partial charge in [-0.25, -0.2) is 9.59 Å². The van der Waals surface area contributed by atoms with E-state index in [2.05, 4.69) is 0 Å². The number of carbonyl (C=O) groups excluding carboxylic acids is 1. The van der Waals surface area contributed by atoms with Crippen LogP contribution in [0.1, 0.15) is 22.2 Å². The second-order valence-corrected chi connectivity index (χ2v) is 7.47. The number of esters is 1. The molecule has 0 saturated carbocycles. The maximum absolute atomic E-state index is 12.7. The Morgan fingerprint density at radius 2 is 1.96 bits per heavy atom. The summed E-state index contributed by atoms with van der Waals surface area (Å²) < 4.78 is 7.75. The van der Waals surface area contributed by atoms with Crippen LogP contribution in [-0.4, -0.2) is 26.8 Å². The lowest BCUT2D eigenvalue weighted by Gasteiger charge is -2.11. The summed E-state index contributed by atoms with van der Waals surface area (Å²) in [5.74, 6) is -0.774. The highest BCUT2D eigenvalue weighted by Crippen LogP contribution is 2.23. The van der Waals surface area contributed by atoms with Gasteiger partial charge in [0.25, 0.3) is 5.56 Å². The van der Waals surface area contributed by atoms with Gasteiger partial charge in [0.05, 0.1) is 5.39 Å². The van der Waals surface area contributed by atoms with Gasteiger partial charge in [0, 0.05) is 20.2 Å². The summed E-state index contributed by atoms with van der Waals surface area (Å²) >= 11 is 1.05. The first-order valence-electron chi connectivity index (χ1n) is 8.47. The molecule has 8 heteroatoms. The Bertz CT molecular complexity index is 1080. The van der Waals surface area contributed by atoms with E-state index in [1.165, 1.54) is 10.6 Å². The fourth-order valence-electron chi connectivity index (χ4n) is 2.71. The van der Waals surface area contributed by atoms with E-state index in [1.54, 1.807) is 14.0 Å². The number of carbonyl (C=O) groups is 1. The van der Waals surface area contributed by atoms with E-state index in [0.717, 1.165) is 21.5 Å². The van der Waals surface area contributed by atoms with E-state index in [-0.39, 0.29) is 30.6 Å². The molecule has 3 aromatic rings. The van der Waals surface area contributed by atoms with Crippen molar-refractivity contribution in [3.63, 3.8) is 0 Å². The van der Waals surface area contributed by atoms with Crippen LogP contribution in [0.4, 0.5) is 0 Å². The van der Waals surface area contributed by atoms with Crippen LogP contribution in [0, 0.1) is 5.92 Å². The number of benzene rings is 1. The minimum Gasteiger partial charge on any atom is -0.457 e. The molecule has 3 rings (SSSR count). The third-order valence-corrected chi connectivity index (χ3v) is 5.42. The highest BCUT2D eigenvalue weighted by atomic mass is 32.1. The third-order valence-electron chi connectivity index (χ3n) is 4.23. The normalized spacial score (nSPS) is 12.3. The average Bonchev–Trinajstić information content (AvgIpc) is 3.14. The number of rotatable bonds is 6. The molecule has 0 saturated heterocycles. The molecule has 142 valence electrons. The molecule has 2 heterocycles. The zero-order valence-electron chi connectivity index (χ0n) is 15.0. The minimum absolute atomic E-state index is 0.113. The zero-order chi connectivity index (χ0) is 19.6. The molecule has 0 aliphatic carbocycles. The largest absolute Gasteiger partial charge is 0.457 e. The Morgan fingerprint density at radius 1 is 1.26 bits per heavy atom. The fourth-order valence-corrected chi connectivity index (χ4v) is 3.71. The number of ether oxygens (including phenoxy) is 1. The molecule has 27 heavy (non-hydrogen) atoms. The third kappa shape index (κ3) is 3.86. The number of thiophene rings is 1. The summed E-state index contributed by atoms with van der Waals surface area (Å²) in [5.41, 5.74) is -0.0784. The number of fused-ring (bicyclic) bond motifs is 1. The first-order chi connectivity index (χ1) is 12.9. The molecule has 0 radical (unpaired) electrons. The SMILES string of the molecule is C[C@@H](CO)Cn1c(=O)c2cc(C(=O)OCc3ccccc3)sc2n(C)c1=O. The number of aryl methyl sites for hydroxylation is 1. The zero-order valence-corrected chi connectivity index (χ0v) is 15.9. The van der Waals surface area contributed by atoms with Gasteiger partial charge in [-0.2, -0.15) is 0 Å². The molecule has 0 bridgehead atoms. The summed E-state index contributed by atoms with van der Waals surface area (Å²) in [6.07, 6.45) is 0. The molecule has 1 N–H and O–H groups in total. The topological polar surface area (TPSA) is 90.5 Å². The molecule has 1 aromatic carbocycles. The molecule has 2 aromatic heterocycles. The van der Waals surface area contributed by atoms with Gasteiger partial charge < -0.3 is 9.84 Å². The minimum atomic E-state index is -0.540. The molecule has 7 nitrogen and oxygen atoms in total. The molecular formula is C19H20N2O5S. The van der Waals surface area contributed by atoms with E-state index < -0.39 is 17.2 Å². The number of hydrogen-bond donors (Lipinski definition) is 1. The van der Waals surface area contributed by atoms with Crippen LogP contribution in [0.2, 0.25) is 0 Å². The predicted octanol–water partition coefficient (Wildman–Crippen LogP) is 1.75. The lowest BCUT2D eigenvalue weighted by atomic mass is 10.2. The number of aromatic nitrogens is 2. The highest BCUT2D eigenvalue weighted by molar-refractivity contribution is 7.20. The summed E-state index contributed by atoms with van der Waals surface area (Å²) in [5, 5.41) is 9.50. The summed E-state index contributed by atoms with van der Waals surface area (Å²) in [6.45, 7) is 1.86. The van der Waals surface area contributed by atoms with Gasteiger partial charge in [0.1, 0.15) is 16.3 Å². The molecular weight excluding hydrogens is 368 g/mol. The van der Waals surface area contributed by atoms with Gasteiger partial charge in [-0.05, 0) is 17.5 Å². The summed E-state index contributed by atoms with van der Waals surface area (Å²) in [4.78, 5) is 38.2. The van der Waals surface area contributed by atoms with E-state index in [0.29, 0.717) is 10.2 Å². The van der Waals surface area contributed by atoms with E-state index >= 15 is 0 Å². The van der Waals surface area contributed by atoms with Gasteiger partial charge in [0.15, 0.2) is 0 Å². The van der Waals surface area contributed by atoms with Gasteiger partial charge in [-0.3, -0.25) is 13.9 Å². The summed E-state index contributed by atoms with van der Waals surface area (Å²) in [7, 11) is 1.56. The number of hydrogen-bond acceptors (Lipinski definition) is 6. The average molecular weight is 388 g/mol. The Balaban J connectivity index is 1.93. The number of aliphatic hydroxyl groups is 1. The lowest BCUT2D eigenvalue weighted by molar-refractivity contribution is 0.0478. The molecule has 0 spiro atoms. The number of nitrogens with zero attached hydrogens (tertiary/aromatic N) is 2. The van der Waals surface area contributed by atoms with Crippen LogP contribution >= 0.6 is 11.3 Å². The van der Waals surface area contributed by atoms with Crippen LogP contribution in [-0.2, 0) is 24.9 Å². The Hall–Kier alpha value is -2.71. The molecule has 0 fully saturated rings. The molecule has 0 amide bonds. The van der Waals surface area contributed by atoms with Gasteiger partial charge in [0.2, 0.25) is 0 Å². The van der Waals surface area contributed by atoms with Crippen molar-refractivity contribution in [3.05, 3.63) is 67.7 Å². The van der Waals surface area contributed by atoms with Crippen LogP contribution in [0.25, 0.3) is 10.2 Å². The predicted molar refractivity (Wildman–Crippen MR) is 103 cm³/mol. The quantitative estimate of drug-likeness (QED) is 0.650. The molecule has 0 unspecified atom stereocenters. The standard InChI is InChI=1S/C19H20N2O5S/c1-12(10-22)9-21-16(23)14-8-15(27-17(14)20(2)19(21)25)18(24)26-11-13-6-4-3-5-7-13/h3-8,12,22H,9-11H2,1-2H3/t12-/m1/s1. The second kappa shape index (κ2) is 7.89. The highest BCUT2D eigenvalue weighted by Gasteiger charge is 2.19. The van der Waals surface area contributed by atoms with Crippen LogP contribution in [0.3, 0.4) is 0 Å². The Kier molecular flexibility index (Phi) is 5.57. The maximum atomic E-state index is 12.7. The van der Waals surface area contributed by atoms with Crippen molar-refractivity contribution >= 4 is 27.5 Å². The van der Waals surface area contributed by atoms with E-state index in [9.17, 15) is 19.5 Å². The number of aliphatic hydroxyl groups excluding tert-OH is 1. The van der Waals surface area contributed by atoms with Crippen molar-refractivity contribution in [3.8, 4) is 0 Å². The van der Waals surface area contributed by atoms with Crippen molar-refractivity contribution in [2.75, 3.05) is 6.61 Å². The van der Waals surface area contributed by atoms with Crippen LogP contribution < -0.4 is 11.2 Å². The second-order valence-electron chi connectivity index (χ2n) is 6.44. The Morgan fingerprint density at radius 3 is 2.63 bits per heavy atom. The van der Waals surface area contributed by atoms with Crippen molar-refractivity contribution in [2.45, 2.75) is 20.1 Å². The van der Waals surface area contributed by atoms with E-state index in [1.807, 2.05) is 30.3 Å². The van der Waals surface area contributed by atoms with Gasteiger partial charge >= 0.3 is 11.7 Å². The molecule has 0 aliphatic rings. The van der Waals surface area contributed by atoms with Crippen molar-refractivity contribution in [2.24, 2.45) is 13.0 Å². The summed E-state index contributed by atoms with van der Waals surface area (Å²) in [6, 6.07) is 10.8. The molecule has 0 aliphatic heterocycles. The van der Waals surface area contributed by atoms with Crippen LogP contribution in [0.15, 0.2) is 46.0 Å². The Labute approximate surface area is 159 Å². The monoisotopic (exact) mass is 388 g/mol. The first-order valence-corrected chi connectivity index (χ1v) is 9.29. The molecule has 1 atom stereocenters. The first kappa shape index (κ1) is 19.1. The van der Waals surface area contributed by atoms with Crippen LogP contribution in [0.5, 0.6) is 0 Å². The van der Waals surface area contributed by atoms with Crippen molar-refractivity contribution in [1.29, 1.82) is 0 Å². The van der Waals surface area contributed by atoms with Crippen molar-refractivity contribution < 1.29 is 14.6 Å². The smallest absolute Gasteiger partial charge is 0.348 e. The van der Waals surface area contributed by atoms with Crippen molar-refractivity contribution in [1.82, 2.24) is 9.13 Å². The fraction of sp³-hybridized carbons (Fsp3) is 0.316. The maximum Gasteiger partial charge on any atom is 0.348 e. The lowest BCUT2D eigenvalue weighted by Crippen LogP contribution is -2.40.